The third kappa shape index (κ3) is 3.24. The number of aliphatic hydroxyl groups excluding tert-OH is 1. The van der Waals surface area contributed by atoms with Crippen molar-refractivity contribution in [2.24, 2.45) is 11.3 Å². The molecule has 1 aromatic rings. The lowest BCUT2D eigenvalue weighted by molar-refractivity contribution is -0.134. The zero-order chi connectivity index (χ0) is 16.3. The summed E-state index contributed by atoms with van der Waals surface area (Å²) in [6.45, 7) is 0.887. The Morgan fingerprint density at radius 2 is 1.96 bits per heavy atom. The van der Waals surface area contributed by atoms with Crippen molar-refractivity contribution < 1.29 is 14.6 Å². The van der Waals surface area contributed by atoms with Crippen LogP contribution < -0.4 is 5.32 Å². The van der Waals surface area contributed by atoms with Gasteiger partial charge in [-0.1, -0.05) is 30.3 Å². The Labute approximate surface area is 136 Å². The molecule has 1 amide bonds. The molecule has 0 unspecified atom stereocenters. The van der Waals surface area contributed by atoms with Crippen molar-refractivity contribution in [2.45, 2.75) is 37.8 Å². The van der Waals surface area contributed by atoms with E-state index in [4.69, 9.17) is 4.74 Å². The summed E-state index contributed by atoms with van der Waals surface area (Å²) in [4.78, 5) is 12.8. The predicted molar refractivity (Wildman–Crippen MR) is 84.2 cm³/mol. The minimum atomic E-state index is -0.992. The zero-order valence-electron chi connectivity index (χ0n) is 13.1. The maximum atomic E-state index is 12.8. The number of benzene rings is 1. The second kappa shape index (κ2) is 6.69. The van der Waals surface area contributed by atoms with E-state index in [0.29, 0.717) is 38.9 Å². The second-order valence-corrected chi connectivity index (χ2v) is 6.55. The number of hydrogen-bond donors (Lipinski definition) is 2. The number of nitriles is 1. The SMILES string of the molecule is N#CC1(C(=O)N[C@H](c2ccccc2)C2CC(O)C2)CCOCC1. The standard InChI is InChI=1S/C18H22N2O3/c19-12-18(6-8-23-9-7-18)17(22)20-16(14-10-15(21)11-14)13-4-2-1-3-5-13/h1-5,14-16,21H,6-11H2,(H,20,22)/t14?,15?,16-/m1/s1. The largest absolute Gasteiger partial charge is 0.393 e. The molecule has 0 spiro atoms. The van der Waals surface area contributed by atoms with Crippen molar-refractivity contribution in [3.8, 4) is 6.07 Å². The molecule has 5 heteroatoms. The molecule has 2 fully saturated rings. The van der Waals surface area contributed by atoms with E-state index in [1.807, 2.05) is 30.3 Å². The molecule has 0 bridgehead atoms. The van der Waals surface area contributed by atoms with Gasteiger partial charge < -0.3 is 15.2 Å². The summed E-state index contributed by atoms with van der Waals surface area (Å²) in [6.07, 6.45) is 1.95. The van der Waals surface area contributed by atoms with E-state index in [2.05, 4.69) is 11.4 Å². The van der Waals surface area contributed by atoms with Gasteiger partial charge in [-0.2, -0.15) is 5.26 Å². The van der Waals surface area contributed by atoms with Gasteiger partial charge in [0, 0.05) is 13.2 Å². The lowest BCUT2D eigenvalue weighted by Crippen LogP contribution is -2.48. The van der Waals surface area contributed by atoms with Crippen molar-refractivity contribution >= 4 is 5.91 Å². The van der Waals surface area contributed by atoms with Gasteiger partial charge in [-0.25, -0.2) is 0 Å². The Morgan fingerprint density at radius 3 is 2.52 bits per heavy atom. The quantitative estimate of drug-likeness (QED) is 0.889. The first-order valence-corrected chi connectivity index (χ1v) is 8.17. The van der Waals surface area contributed by atoms with Crippen LogP contribution in [0, 0.1) is 22.7 Å². The number of amides is 1. The van der Waals surface area contributed by atoms with Gasteiger partial charge in [0.25, 0.3) is 0 Å². The van der Waals surface area contributed by atoms with Crippen LogP contribution in [-0.2, 0) is 9.53 Å². The molecule has 1 aliphatic heterocycles. The first-order valence-electron chi connectivity index (χ1n) is 8.17. The minimum Gasteiger partial charge on any atom is -0.393 e. The first-order chi connectivity index (χ1) is 11.1. The van der Waals surface area contributed by atoms with Crippen LogP contribution in [0.25, 0.3) is 0 Å². The fourth-order valence-electron chi connectivity index (χ4n) is 3.42. The molecule has 1 atom stereocenters. The first kappa shape index (κ1) is 16.0. The molecule has 2 aliphatic rings. The van der Waals surface area contributed by atoms with Crippen LogP contribution in [0.1, 0.15) is 37.3 Å². The number of hydrogen-bond acceptors (Lipinski definition) is 4. The third-order valence-corrected chi connectivity index (χ3v) is 5.06. The molecule has 23 heavy (non-hydrogen) atoms. The average Bonchev–Trinajstić information content (AvgIpc) is 2.58. The topological polar surface area (TPSA) is 82.4 Å². The van der Waals surface area contributed by atoms with E-state index in [0.717, 1.165) is 5.56 Å². The lowest BCUT2D eigenvalue weighted by atomic mass is 9.74. The highest BCUT2D eigenvalue weighted by atomic mass is 16.5. The van der Waals surface area contributed by atoms with Gasteiger partial charge in [-0.3, -0.25) is 4.79 Å². The fraction of sp³-hybridized carbons (Fsp3) is 0.556. The number of nitrogens with zero attached hydrogens (tertiary/aromatic N) is 1. The van der Waals surface area contributed by atoms with E-state index in [-0.39, 0.29) is 24.0 Å². The van der Waals surface area contributed by atoms with Gasteiger partial charge in [0.15, 0.2) is 0 Å². The number of ether oxygens (including phenoxy) is 1. The van der Waals surface area contributed by atoms with Gasteiger partial charge >= 0.3 is 0 Å². The van der Waals surface area contributed by atoms with Crippen LogP contribution in [-0.4, -0.2) is 30.3 Å². The highest BCUT2D eigenvalue weighted by Crippen LogP contribution is 2.39. The molecule has 5 nitrogen and oxygen atoms in total. The van der Waals surface area contributed by atoms with Crippen LogP contribution in [0.15, 0.2) is 30.3 Å². The maximum Gasteiger partial charge on any atom is 0.241 e. The summed E-state index contributed by atoms with van der Waals surface area (Å²) in [5, 5.41) is 22.2. The Hall–Kier alpha value is -1.90. The minimum absolute atomic E-state index is 0.153. The molecule has 2 N–H and O–H groups in total. The summed E-state index contributed by atoms with van der Waals surface area (Å²) in [7, 11) is 0. The Bertz CT molecular complexity index is 584. The summed E-state index contributed by atoms with van der Waals surface area (Å²) >= 11 is 0. The summed E-state index contributed by atoms with van der Waals surface area (Å²) in [6, 6.07) is 11.9. The molecule has 1 saturated carbocycles. The summed E-state index contributed by atoms with van der Waals surface area (Å²) in [5.41, 5.74) is 0.0334. The molecular formula is C18H22N2O3. The number of rotatable bonds is 4. The normalized spacial score (nSPS) is 27.3. The molecule has 1 aromatic carbocycles. The molecule has 122 valence electrons. The average molecular weight is 314 g/mol. The second-order valence-electron chi connectivity index (χ2n) is 6.55. The summed E-state index contributed by atoms with van der Waals surface area (Å²) in [5.74, 6) is 0.00507. The van der Waals surface area contributed by atoms with E-state index in [1.54, 1.807) is 0 Å². The van der Waals surface area contributed by atoms with Crippen molar-refractivity contribution in [3.63, 3.8) is 0 Å². The highest BCUT2D eigenvalue weighted by Gasteiger charge is 2.43. The number of carbonyl (C=O) groups excluding carboxylic acids is 1. The number of carbonyl (C=O) groups is 1. The van der Waals surface area contributed by atoms with Gasteiger partial charge in [0.1, 0.15) is 5.41 Å². The molecule has 0 aromatic heterocycles. The highest BCUT2D eigenvalue weighted by molar-refractivity contribution is 5.86. The molecule has 1 saturated heterocycles. The number of aliphatic hydroxyl groups is 1. The molecular weight excluding hydrogens is 292 g/mol. The van der Waals surface area contributed by atoms with E-state index < -0.39 is 5.41 Å². The monoisotopic (exact) mass is 314 g/mol. The van der Waals surface area contributed by atoms with Crippen LogP contribution in [0.4, 0.5) is 0 Å². The fourth-order valence-corrected chi connectivity index (χ4v) is 3.42. The van der Waals surface area contributed by atoms with Crippen LogP contribution >= 0.6 is 0 Å². The number of nitrogens with one attached hydrogen (secondary N) is 1. The maximum absolute atomic E-state index is 12.8. The van der Waals surface area contributed by atoms with Crippen molar-refractivity contribution in [2.75, 3.05) is 13.2 Å². The van der Waals surface area contributed by atoms with Crippen LogP contribution in [0.5, 0.6) is 0 Å². The van der Waals surface area contributed by atoms with Gasteiger partial charge in [-0.15, -0.1) is 0 Å². The van der Waals surface area contributed by atoms with Crippen LogP contribution in [0.3, 0.4) is 0 Å². The van der Waals surface area contributed by atoms with Crippen molar-refractivity contribution in [1.29, 1.82) is 5.26 Å². The van der Waals surface area contributed by atoms with Crippen molar-refractivity contribution in [1.82, 2.24) is 5.32 Å². The van der Waals surface area contributed by atoms with Crippen LogP contribution in [0.2, 0.25) is 0 Å². The smallest absolute Gasteiger partial charge is 0.241 e. The predicted octanol–water partition coefficient (Wildman–Crippen LogP) is 1.94. The van der Waals surface area contributed by atoms with E-state index >= 15 is 0 Å². The third-order valence-electron chi connectivity index (χ3n) is 5.06. The van der Waals surface area contributed by atoms with Crippen molar-refractivity contribution in [3.05, 3.63) is 35.9 Å². The Kier molecular flexibility index (Phi) is 4.65. The Balaban J connectivity index is 1.78. The summed E-state index contributed by atoms with van der Waals surface area (Å²) < 4.78 is 5.30. The molecule has 3 rings (SSSR count). The van der Waals surface area contributed by atoms with Gasteiger partial charge in [0.05, 0.1) is 18.2 Å². The lowest BCUT2D eigenvalue weighted by Gasteiger charge is -2.40. The molecule has 0 radical (unpaired) electrons. The van der Waals surface area contributed by atoms with Gasteiger partial charge in [0.2, 0.25) is 5.91 Å². The zero-order valence-corrected chi connectivity index (χ0v) is 13.1. The van der Waals surface area contributed by atoms with E-state index in [1.165, 1.54) is 0 Å². The van der Waals surface area contributed by atoms with E-state index in [9.17, 15) is 15.2 Å². The Morgan fingerprint density at radius 1 is 1.30 bits per heavy atom. The molecule has 1 heterocycles. The van der Waals surface area contributed by atoms with Gasteiger partial charge in [-0.05, 0) is 37.2 Å². The molecule has 1 aliphatic carbocycles.